The summed E-state index contributed by atoms with van der Waals surface area (Å²) >= 11 is 7.47. The molecule has 0 saturated heterocycles. The molecule has 0 fully saturated rings. The monoisotopic (exact) mass is 469 g/mol. The lowest BCUT2D eigenvalue weighted by molar-refractivity contribution is -0.128. The molecule has 1 unspecified atom stereocenters. The predicted octanol–water partition coefficient (Wildman–Crippen LogP) is 5.18. The van der Waals surface area contributed by atoms with E-state index < -0.39 is 6.10 Å². The van der Waals surface area contributed by atoms with Crippen LogP contribution in [-0.4, -0.2) is 35.5 Å². The number of hydrogen-bond acceptors (Lipinski definition) is 5. The Hall–Kier alpha value is -2.90. The van der Waals surface area contributed by atoms with Crippen molar-refractivity contribution in [1.29, 1.82) is 0 Å². The van der Waals surface area contributed by atoms with Crippen molar-refractivity contribution in [3.8, 4) is 16.3 Å². The number of benzene rings is 2. The van der Waals surface area contributed by atoms with Gasteiger partial charge in [-0.05, 0) is 37.1 Å². The zero-order valence-corrected chi connectivity index (χ0v) is 19.4. The smallest absolute Gasteiger partial charge is 0.278 e. The molecule has 32 heavy (non-hydrogen) atoms. The first kappa shape index (κ1) is 22.3. The Kier molecular flexibility index (Phi) is 6.77. The first-order chi connectivity index (χ1) is 15.5. The molecule has 0 bridgehead atoms. The van der Waals surface area contributed by atoms with E-state index in [4.69, 9.17) is 16.3 Å². The number of rotatable bonds is 6. The second-order valence-electron chi connectivity index (χ2n) is 7.56. The van der Waals surface area contributed by atoms with E-state index in [9.17, 15) is 9.59 Å². The van der Waals surface area contributed by atoms with Gasteiger partial charge in [-0.1, -0.05) is 49.7 Å². The average Bonchev–Trinajstić information content (AvgIpc) is 3.31. The van der Waals surface area contributed by atoms with Gasteiger partial charge in [0, 0.05) is 22.0 Å². The highest BCUT2D eigenvalue weighted by Crippen LogP contribution is 2.35. The third-order valence-electron chi connectivity index (χ3n) is 5.44. The summed E-state index contributed by atoms with van der Waals surface area (Å²) in [6.45, 7) is 4.17. The largest absolute Gasteiger partial charge is 0.477 e. The third-order valence-corrected chi connectivity index (χ3v) is 6.56. The predicted molar refractivity (Wildman–Crippen MR) is 128 cm³/mol. The number of nitrogens with one attached hydrogen (secondary N) is 1. The van der Waals surface area contributed by atoms with Crippen molar-refractivity contribution >= 4 is 40.4 Å². The number of anilines is 1. The highest BCUT2D eigenvalue weighted by atomic mass is 35.5. The van der Waals surface area contributed by atoms with E-state index in [-0.39, 0.29) is 24.4 Å². The molecule has 2 heterocycles. The summed E-state index contributed by atoms with van der Waals surface area (Å²) in [6, 6.07) is 14.7. The molecule has 3 aromatic rings. The van der Waals surface area contributed by atoms with Crippen LogP contribution in [0.25, 0.3) is 10.6 Å². The highest BCUT2D eigenvalue weighted by Gasteiger charge is 2.35. The van der Waals surface area contributed by atoms with Crippen LogP contribution >= 0.6 is 22.9 Å². The third kappa shape index (κ3) is 4.64. The minimum Gasteiger partial charge on any atom is -0.477 e. The van der Waals surface area contributed by atoms with Crippen LogP contribution in [0.1, 0.15) is 37.2 Å². The zero-order chi connectivity index (χ0) is 22.7. The van der Waals surface area contributed by atoms with E-state index in [0.717, 1.165) is 18.4 Å². The Morgan fingerprint density at radius 2 is 2.00 bits per heavy atom. The Morgan fingerprint density at radius 1 is 1.22 bits per heavy atom. The second kappa shape index (κ2) is 9.71. The van der Waals surface area contributed by atoms with Crippen LogP contribution in [0.2, 0.25) is 5.02 Å². The SMILES string of the molecule is CCC(CC)NC(=O)C1CN(C(=O)c2csc(-c3cccc(Cl)c3)n2)c2ccccc2O1. The maximum atomic E-state index is 13.4. The van der Waals surface area contributed by atoms with Gasteiger partial charge in [0.05, 0.1) is 12.2 Å². The topological polar surface area (TPSA) is 71.5 Å². The van der Waals surface area contributed by atoms with Gasteiger partial charge in [-0.15, -0.1) is 11.3 Å². The summed E-state index contributed by atoms with van der Waals surface area (Å²) < 4.78 is 5.95. The number of halogens is 1. The van der Waals surface area contributed by atoms with Gasteiger partial charge in [0.2, 0.25) is 0 Å². The van der Waals surface area contributed by atoms with Crippen molar-refractivity contribution in [2.75, 3.05) is 11.4 Å². The molecule has 2 aromatic carbocycles. The van der Waals surface area contributed by atoms with Gasteiger partial charge < -0.3 is 10.1 Å². The standard InChI is InChI=1S/C24H24ClN3O3S/c1-3-17(4-2)26-22(29)21-13-28(19-10-5-6-11-20(19)31-21)24(30)18-14-32-23(27-18)15-8-7-9-16(25)12-15/h5-12,14,17,21H,3-4,13H2,1-2H3,(H,26,29). The van der Waals surface area contributed by atoms with Gasteiger partial charge in [-0.3, -0.25) is 14.5 Å². The van der Waals surface area contributed by atoms with Crippen molar-refractivity contribution in [1.82, 2.24) is 10.3 Å². The van der Waals surface area contributed by atoms with Crippen molar-refractivity contribution in [3.05, 3.63) is 64.6 Å². The molecule has 1 aromatic heterocycles. The molecule has 1 N–H and O–H groups in total. The van der Waals surface area contributed by atoms with Gasteiger partial charge >= 0.3 is 0 Å². The van der Waals surface area contributed by atoms with Crippen molar-refractivity contribution in [2.45, 2.75) is 38.8 Å². The number of hydrogen-bond donors (Lipinski definition) is 1. The van der Waals surface area contributed by atoms with Crippen LogP contribution in [0.3, 0.4) is 0 Å². The van der Waals surface area contributed by atoms with Crippen LogP contribution in [-0.2, 0) is 4.79 Å². The lowest BCUT2D eigenvalue weighted by Gasteiger charge is -2.34. The molecule has 1 aliphatic rings. The lowest BCUT2D eigenvalue weighted by Crippen LogP contribution is -2.52. The fraction of sp³-hybridized carbons (Fsp3) is 0.292. The van der Waals surface area contributed by atoms with Crippen LogP contribution in [0.4, 0.5) is 5.69 Å². The summed E-state index contributed by atoms with van der Waals surface area (Å²) in [6.07, 6.45) is 0.874. The van der Waals surface area contributed by atoms with E-state index >= 15 is 0 Å². The molecule has 0 saturated carbocycles. The van der Waals surface area contributed by atoms with E-state index in [1.165, 1.54) is 11.3 Å². The number of aromatic nitrogens is 1. The van der Waals surface area contributed by atoms with E-state index in [1.54, 1.807) is 22.4 Å². The molecule has 6 nitrogen and oxygen atoms in total. The summed E-state index contributed by atoms with van der Waals surface area (Å²) in [5.74, 6) is 0.0107. The number of fused-ring (bicyclic) bond motifs is 1. The molecule has 1 atom stereocenters. The van der Waals surface area contributed by atoms with Gasteiger partial charge in [0.25, 0.3) is 11.8 Å². The molecule has 1 aliphatic heterocycles. The first-order valence-corrected chi connectivity index (χ1v) is 11.8. The lowest BCUT2D eigenvalue weighted by atomic mass is 10.1. The first-order valence-electron chi connectivity index (χ1n) is 10.6. The summed E-state index contributed by atoms with van der Waals surface area (Å²) in [4.78, 5) is 32.4. The van der Waals surface area contributed by atoms with E-state index in [2.05, 4.69) is 10.3 Å². The zero-order valence-electron chi connectivity index (χ0n) is 17.9. The molecular weight excluding hydrogens is 446 g/mol. The Labute approximate surface area is 196 Å². The molecule has 0 spiro atoms. The molecule has 166 valence electrons. The van der Waals surface area contributed by atoms with Crippen molar-refractivity contribution in [2.24, 2.45) is 0 Å². The minimum absolute atomic E-state index is 0.0752. The fourth-order valence-electron chi connectivity index (χ4n) is 3.61. The number of thiazole rings is 1. The van der Waals surface area contributed by atoms with Crippen LogP contribution in [0.5, 0.6) is 5.75 Å². The molecular formula is C24H24ClN3O3S. The van der Waals surface area contributed by atoms with Gasteiger partial charge in [0.1, 0.15) is 16.5 Å². The molecule has 0 radical (unpaired) electrons. The highest BCUT2D eigenvalue weighted by molar-refractivity contribution is 7.13. The summed E-state index contributed by atoms with van der Waals surface area (Å²) in [5.41, 5.74) is 1.80. The van der Waals surface area contributed by atoms with E-state index in [0.29, 0.717) is 27.2 Å². The molecule has 2 amide bonds. The number of nitrogens with zero attached hydrogens (tertiary/aromatic N) is 2. The van der Waals surface area contributed by atoms with Crippen LogP contribution in [0.15, 0.2) is 53.9 Å². The van der Waals surface area contributed by atoms with Crippen LogP contribution < -0.4 is 15.0 Å². The number of carbonyl (C=O) groups excluding carboxylic acids is 2. The van der Waals surface area contributed by atoms with Crippen molar-refractivity contribution < 1.29 is 14.3 Å². The summed E-state index contributed by atoms with van der Waals surface area (Å²) in [7, 11) is 0. The second-order valence-corrected chi connectivity index (χ2v) is 8.85. The molecule has 0 aliphatic carbocycles. The van der Waals surface area contributed by atoms with Gasteiger partial charge in [-0.2, -0.15) is 0 Å². The maximum absolute atomic E-state index is 13.4. The number of ether oxygens (including phenoxy) is 1. The number of para-hydroxylation sites is 2. The van der Waals surface area contributed by atoms with Gasteiger partial charge in [-0.25, -0.2) is 4.98 Å². The van der Waals surface area contributed by atoms with E-state index in [1.807, 2.05) is 50.2 Å². The quantitative estimate of drug-likeness (QED) is 0.540. The van der Waals surface area contributed by atoms with Gasteiger partial charge in [0.15, 0.2) is 6.10 Å². The number of carbonyl (C=O) groups is 2. The van der Waals surface area contributed by atoms with Crippen LogP contribution in [0, 0.1) is 0 Å². The Balaban J connectivity index is 1.60. The number of amides is 2. The molecule has 8 heteroatoms. The summed E-state index contributed by atoms with van der Waals surface area (Å²) in [5, 5.41) is 6.07. The fourth-order valence-corrected chi connectivity index (χ4v) is 4.60. The maximum Gasteiger partial charge on any atom is 0.278 e. The minimum atomic E-state index is -0.791. The normalized spacial score (nSPS) is 15.2. The average molecular weight is 470 g/mol. The Morgan fingerprint density at radius 3 is 2.75 bits per heavy atom. The van der Waals surface area contributed by atoms with Crippen molar-refractivity contribution in [3.63, 3.8) is 0 Å². The molecule has 4 rings (SSSR count). The Bertz CT molecular complexity index is 1130.